The summed E-state index contributed by atoms with van der Waals surface area (Å²) in [6.45, 7) is 14.2. The van der Waals surface area contributed by atoms with Crippen molar-refractivity contribution in [3.8, 4) is 0 Å². The highest BCUT2D eigenvalue weighted by atomic mass is 14.4. The smallest absolute Gasteiger partial charge is 0.0116 e. The van der Waals surface area contributed by atoms with Gasteiger partial charge in [-0.1, -0.05) is 45.8 Å². The summed E-state index contributed by atoms with van der Waals surface area (Å²) in [7, 11) is 0. The maximum Gasteiger partial charge on any atom is -0.0116 e. The van der Waals surface area contributed by atoms with Crippen LogP contribution in [0, 0.1) is 17.3 Å². The van der Waals surface area contributed by atoms with Crippen LogP contribution >= 0.6 is 0 Å². The van der Waals surface area contributed by atoms with E-state index in [-0.39, 0.29) is 0 Å². The fourth-order valence-electron chi connectivity index (χ4n) is 2.84. The molecule has 1 rings (SSSR count). The molecule has 0 saturated carbocycles. The molecule has 0 heteroatoms. The van der Waals surface area contributed by atoms with Crippen molar-refractivity contribution in [2.24, 2.45) is 17.3 Å². The molecule has 0 fully saturated rings. The van der Waals surface area contributed by atoms with Crippen molar-refractivity contribution < 1.29 is 0 Å². The molecule has 13 heavy (non-hydrogen) atoms. The van der Waals surface area contributed by atoms with Gasteiger partial charge < -0.3 is 0 Å². The van der Waals surface area contributed by atoms with Gasteiger partial charge in [-0.25, -0.2) is 0 Å². The zero-order valence-electron chi connectivity index (χ0n) is 10.1. The zero-order chi connectivity index (χ0) is 10.2. The average Bonchev–Trinajstić information content (AvgIpc) is 2.02. The van der Waals surface area contributed by atoms with Gasteiger partial charge >= 0.3 is 0 Å². The molecule has 0 radical (unpaired) electrons. The van der Waals surface area contributed by atoms with Gasteiger partial charge in [-0.3, -0.25) is 0 Å². The maximum absolute atomic E-state index is 2.41. The number of rotatable bonds is 1. The third kappa shape index (κ3) is 1.68. The zero-order valence-corrected chi connectivity index (χ0v) is 10.1. The van der Waals surface area contributed by atoms with E-state index < -0.39 is 0 Å². The Morgan fingerprint density at radius 1 is 1.31 bits per heavy atom. The molecule has 0 spiro atoms. The highest BCUT2D eigenvalue weighted by molar-refractivity contribution is 5.25. The van der Waals surface area contributed by atoms with Crippen molar-refractivity contribution in [2.75, 3.05) is 0 Å². The molecular weight excluding hydrogens is 156 g/mol. The molecular formula is C13H24. The Labute approximate surface area is 83.4 Å². The summed E-state index contributed by atoms with van der Waals surface area (Å²) in [6.07, 6.45) is 2.59. The summed E-state index contributed by atoms with van der Waals surface area (Å²) in [4.78, 5) is 0. The summed E-state index contributed by atoms with van der Waals surface area (Å²) >= 11 is 0. The Kier molecular flexibility index (Phi) is 2.89. The van der Waals surface area contributed by atoms with Crippen LogP contribution in [-0.4, -0.2) is 0 Å². The number of allylic oxidation sites excluding steroid dienone is 2. The lowest BCUT2D eigenvalue weighted by molar-refractivity contribution is 0.216. The first-order chi connectivity index (χ1) is 5.91. The largest absolute Gasteiger partial charge is 0.0707 e. The van der Waals surface area contributed by atoms with Crippen molar-refractivity contribution in [2.45, 2.75) is 54.4 Å². The van der Waals surface area contributed by atoms with Gasteiger partial charge in [0.25, 0.3) is 0 Å². The number of hydrogen-bond donors (Lipinski definition) is 0. The van der Waals surface area contributed by atoms with Crippen molar-refractivity contribution in [3.05, 3.63) is 11.1 Å². The van der Waals surface area contributed by atoms with Gasteiger partial charge in [0.2, 0.25) is 0 Å². The molecule has 0 aromatic rings. The molecule has 1 aliphatic rings. The second-order valence-electron chi connectivity index (χ2n) is 5.27. The lowest BCUT2D eigenvalue weighted by Gasteiger charge is -2.42. The lowest BCUT2D eigenvalue weighted by atomic mass is 9.63. The van der Waals surface area contributed by atoms with Crippen LogP contribution in [0.25, 0.3) is 0 Å². The first-order valence-corrected chi connectivity index (χ1v) is 5.61. The minimum atomic E-state index is 0.436. The lowest BCUT2D eigenvalue weighted by Crippen LogP contribution is -2.31. The Morgan fingerprint density at radius 3 is 2.31 bits per heavy atom. The van der Waals surface area contributed by atoms with E-state index in [0.29, 0.717) is 5.41 Å². The number of hydrogen-bond acceptors (Lipinski definition) is 0. The molecule has 76 valence electrons. The molecule has 0 nitrogen and oxygen atoms in total. The van der Waals surface area contributed by atoms with Crippen LogP contribution in [-0.2, 0) is 0 Å². The van der Waals surface area contributed by atoms with Gasteiger partial charge in [0, 0.05) is 0 Å². The van der Waals surface area contributed by atoms with E-state index in [0.717, 1.165) is 11.8 Å². The molecule has 0 bridgehead atoms. The fraction of sp³-hybridized carbons (Fsp3) is 0.846. The summed E-state index contributed by atoms with van der Waals surface area (Å²) in [6, 6.07) is 0. The molecule has 1 aliphatic carbocycles. The van der Waals surface area contributed by atoms with Crippen molar-refractivity contribution in [1.82, 2.24) is 0 Å². The van der Waals surface area contributed by atoms with E-state index in [4.69, 9.17) is 0 Å². The molecule has 0 aliphatic heterocycles. The van der Waals surface area contributed by atoms with Crippen LogP contribution in [0.1, 0.15) is 54.4 Å². The van der Waals surface area contributed by atoms with Gasteiger partial charge in [-0.15, -0.1) is 0 Å². The minimum absolute atomic E-state index is 0.436. The minimum Gasteiger partial charge on any atom is -0.0707 e. The topological polar surface area (TPSA) is 0 Å². The van der Waals surface area contributed by atoms with Crippen LogP contribution in [0.3, 0.4) is 0 Å². The molecule has 0 amide bonds. The van der Waals surface area contributed by atoms with Gasteiger partial charge in [-0.05, 0) is 37.0 Å². The molecule has 0 aromatic carbocycles. The first kappa shape index (κ1) is 10.8. The second-order valence-corrected chi connectivity index (χ2v) is 5.27. The molecule has 2 unspecified atom stereocenters. The third-order valence-electron chi connectivity index (χ3n) is 4.29. The molecule has 0 N–H and O–H groups in total. The second kappa shape index (κ2) is 3.48. The molecule has 2 atom stereocenters. The van der Waals surface area contributed by atoms with Crippen LogP contribution in [0.15, 0.2) is 11.1 Å². The van der Waals surface area contributed by atoms with Crippen molar-refractivity contribution in [3.63, 3.8) is 0 Å². The van der Waals surface area contributed by atoms with Crippen LogP contribution in [0.2, 0.25) is 0 Å². The van der Waals surface area contributed by atoms with Crippen LogP contribution in [0.4, 0.5) is 0 Å². The molecule has 0 heterocycles. The van der Waals surface area contributed by atoms with Gasteiger partial charge in [0.1, 0.15) is 0 Å². The van der Waals surface area contributed by atoms with E-state index >= 15 is 0 Å². The predicted octanol–water partition coefficient (Wildman–Crippen LogP) is 4.42. The van der Waals surface area contributed by atoms with E-state index in [1.165, 1.54) is 12.8 Å². The van der Waals surface area contributed by atoms with Crippen molar-refractivity contribution >= 4 is 0 Å². The predicted molar refractivity (Wildman–Crippen MR) is 59.7 cm³/mol. The van der Waals surface area contributed by atoms with Gasteiger partial charge in [-0.2, -0.15) is 0 Å². The van der Waals surface area contributed by atoms with Crippen LogP contribution in [0.5, 0.6) is 0 Å². The first-order valence-electron chi connectivity index (χ1n) is 5.61. The SMILES string of the molecule is CCC1=C(C)C(C)CC(C)C1(C)C. The summed E-state index contributed by atoms with van der Waals surface area (Å²) < 4.78 is 0. The van der Waals surface area contributed by atoms with E-state index in [1.807, 2.05) is 0 Å². The maximum atomic E-state index is 2.41. The summed E-state index contributed by atoms with van der Waals surface area (Å²) in [5.41, 5.74) is 3.80. The highest BCUT2D eigenvalue weighted by Crippen LogP contribution is 2.47. The van der Waals surface area contributed by atoms with E-state index in [9.17, 15) is 0 Å². The quantitative estimate of drug-likeness (QED) is 0.524. The van der Waals surface area contributed by atoms with Crippen molar-refractivity contribution in [1.29, 1.82) is 0 Å². The highest BCUT2D eigenvalue weighted by Gasteiger charge is 2.35. The van der Waals surface area contributed by atoms with Gasteiger partial charge in [0.05, 0.1) is 0 Å². The Morgan fingerprint density at radius 2 is 1.85 bits per heavy atom. The van der Waals surface area contributed by atoms with E-state index in [2.05, 4.69) is 41.5 Å². The monoisotopic (exact) mass is 180 g/mol. The van der Waals surface area contributed by atoms with Gasteiger partial charge in [0.15, 0.2) is 0 Å². The molecule has 0 aromatic heterocycles. The Balaban J connectivity index is 3.11. The summed E-state index contributed by atoms with van der Waals surface area (Å²) in [5, 5.41) is 0. The van der Waals surface area contributed by atoms with E-state index in [1.54, 1.807) is 11.1 Å². The fourth-order valence-corrected chi connectivity index (χ4v) is 2.84. The Bertz CT molecular complexity index is 220. The summed E-state index contributed by atoms with van der Waals surface area (Å²) in [5.74, 6) is 1.64. The standard InChI is InChI=1S/C13H24/c1-7-12-11(4)9(2)8-10(3)13(12,5)6/h9-10H,7-8H2,1-6H3. The normalized spacial score (nSPS) is 33.7. The Hall–Kier alpha value is -0.260. The van der Waals surface area contributed by atoms with Crippen LogP contribution < -0.4 is 0 Å². The molecule has 0 saturated heterocycles. The third-order valence-corrected chi connectivity index (χ3v) is 4.29. The average molecular weight is 180 g/mol.